The Bertz CT molecular complexity index is 1140. The lowest BCUT2D eigenvalue weighted by Gasteiger charge is -2.22. The van der Waals surface area contributed by atoms with Gasteiger partial charge in [0.25, 0.3) is 5.91 Å². The number of amides is 1. The van der Waals surface area contributed by atoms with Gasteiger partial charge in [-0.05, 0) is 54.1 Å². The van der Waals surface area contributed by atoms with Crippen LogP contribution in [0.15, 0.2) is 71.4 Å². The molecule has 3 aromatic rings. The average Bonchev–Trinajstić information content (AvgIpc) is 3.30. The van der Waals surface area contributed by atoms with Crippen molar-refractivity contribution in [1.82, 2.24) is 0 Å². The highest BCUT2D eigenvalue weighted by Crippen LogP contribution is 2.44. The number of nitrogens with zero attached hydrogens (tertiary/aromatic N) is 1. The number of aliphatic hydroxyl groups is 1. The zero-order valence-electron chi connectivity index (χ0n) is 15.7. The Morgan fingerprint density at radius 3 is 2.67 bits per heavy atom. The first-order valence-electron chi connectivity index (χ1n) is 9.21. The van der Waals surface area contributed by atoms with Crippen LogP contribution in [0.2, 0.25) is 10.0 Å². The SMILES string of the molecule is O=C(C=Cc1ccco1)CC1(O)C(=O)N(Cc2ccccc2Cl)c2ccc(Cl)cc21. The highest BCUT2D eigenvalue weighted by molar-refractivity contribution is 6.31. The number of furan rings is 1. The Morgan fingerprint density at radius 1 is 1.13 bits per heavy atom. The van der Waals surface area contributed by atoms with Crippen LogP contribution in [-0.2, 0) is 21.7 Å². The first-order chi connectivity index (χ1) is 14.4. The second-order valence-electron chi connectivity index (χ2n) is 7.00. The molecule has 2 heterocycles. The summed E-state index contributed by atoms with van der Waals surface area (Å²) in [7, 11) is 0. The maximum Gasteiger partial charge on any atom is 0.264 e. The summed E-state index contributed by atoms with van der Waals surface area (Å²) in [4.78, 5) is 27.2. The summed E-state index contributed by atoms with van der Waals surface area (Å²) in [6.45, 7) is 0.159. The number of ketones is 1. The number of halogens is 2. The Kier molecular flexibility index (Phi) is 5.52. The third kappa shape index (κ3) is 3.79. The number of fused-ring (bicyclic) bond motifs is 1. The van der Waals surface area contributed by atoms with Gasteiger partial charge in [-0.3, -0.25) is 9.59 Å². The Balaban J connectivity index is 1.66. The molecule has 1 aliphatic heterocycles. The zero-order chi connectivity index (χ0) is 21.3. The van der Waals surface area contributed by atoms with Crippen molar-refractivity contribution < 1.29 is 19.1 Å². The molecule has 0 saturated heterocycles. The van der Waals surface area contributed by atoms with Gasteiger partial charge in [-0.15, -0.1) is 0 Å². The van der Waals surface area contributed by atoms with Crippen LogP contribution in [0.3, 0.4) is 0 Å². The quantitative estimate of drug-likeness (QED) is 0.546. The first-order valence-corrected chi connectivity index (χ1v) is 9.96. The van der Waals surface area contributed by atoms with E-state index in [-0.39, 0.29) is 6.54 Å². The highest BCUT2D eigenvalue weighted by Gasteiger charge is 2.50. The lowest BCUT2D eigenvalue weighted by molar-refractivity contribution is -0.140. The number of rotatable bonds is 6. The van der Waals surface area contributed by atoms with E-state index in [2.05, 4.69) is 0 Å². The molecule has 1 N–H and O–H groups in total. The molecule has 0 fully saturated rings. The molecule has 1 aromatic heterocycles. The summed E-state index contributed by atoms with van der Waals surface area (Å²) in [5.41, 5.74) is -0.505. The normalized spacial score (nSPS) is 18.2. The summed E-state index contributed by atoms with van der Waals surface area (Å²) >= 11 is 12.4. The molecular formula is C23H17Cl2NO4. The van der Waals surface area contributed by atoms with E-state index < -0.39 is 23.7 Å². The predicted octanol–water partition coefficient (Wildman–Crippen LogP) is 4.99. The van der Waals surface area contributed by atoms with Gasteiger partial charge in [0.05, 0.1) is 24.9 Å². The summed E-state index contributed by atoms with van der Waals surface area (Å²) in [6, 6.07) is 15.4. The zero-order valence-corrected chi connectivity index (χ0v) is 17.2. The lowest BCUT2D eigenvalue weighted by Crippen LogP contribution is -2.41. The molecular weight excluding hydrogens is 425 g/mol. The van der Waals surface area contributed by atoms with Crippen molar-refractivity contribution in [3.8, 4) is 0 Å². The van der Waals surface area contributed by atoms with Crippen LogP contribution < -0.4 is 4.90 Å². The number of allylic oxidation sites excluding steroid dienone is 1. The molecule has 152 valence electrons. The standard InChI is InChI=1S/C23H17Cl2NO4/c24-16-7-10-21-19(12-16)23(29,13-17(27)8-9-18-5-3-11-30-18)22(28)26(21)14-15-4-1-2-6-20(15)25/h1-12,29H,13-14H2. The van der Waals surface area contributed by atoms with Gasteiger partial charge in [0.2, 0.25) is 0 Å². The third-order valence-corrected chi connectivity index (χ3v) is 5.59. The average molecular weight is 442 g/mol. The summed E-state index contributed by atoms with van der Waals surface area (Å²) < 4.78 is 5.16. The minimum atomic E-state index is -2.02. The fourth-order valence-corrected chi connectivity index (χ4v) is 3.89. The van der Waals surface area contributed by atoms with Crippen LogP contribution in [0.1, 0.15) is 23.3 Å². The van der Waals surface area contributed by atoms with Crippen molar-refractivity contribution in [2.75, 3.05) is 4.90 Å². The molecule has 0 spiro atoms. The second-order valence-corrected chi connectivity index (χ2v) is 7.84. The molecule has 2 aromatic carbocycles. The highest BCUT2D eigenvalue weighted by atomic mass is 35.5. The van der Waals surface area contributed by atoms with Crippen molar-refractivity contribution in [3.63, 3.8) is 0 Å². The molecule has 0 radical (unpaired) electrons. The van der Waals surface area contributed by atoms with Crippen molar-refractivity contribution >= 4 is 46.7 Å². The molecule has 0 saturated carbocycles. The topological polar surface area (TPSA) is 70.7 Å². The number of hydrogen-bond acceptors (Lipinski definition) is 4. The van der Waals surface area contributed by atoms with Crippen LogP contribution in [-0.4, -0.2) is 16.8 Å². The van der Waals surface area contributed by atoms with E-state index in [1.54, 1.807) is 42.5 Å². The van der Waals surface area contributed by atoms with Gasteiger partial charge < -0.3 is 14.4 Å². The Labute approximate surface area is 183 Å². The molecule has 30 heavy (non-hydrogen) atoms. The van der Waals surface area contributed by atoms with E-state index >= 15 is 0 Å². The van der Waals surface area contributed by atoms with Gasteiger partial charge >= 0.3 is 0 Å². The number of anilines is 1. The summed E-state index contributed by atoms with van der Waals surface area (Å²) in [5, 5.41) is 12.2. The van der Waals surface area contributed by atoms with Crippen molar-refractivity contribution in [3.05, 3.63) is 93.9 Å². The maximum absolute atomic E-state index is 13.3. The molecule has 1 unspecified atom stereocenters. The molecule has 0 aliphatic carbocycles. The Hall–Kier alpha value is -2.86. The van der Waals surface area contributed by atoms with E-state index in [9.17, 15) is 14.7 Å². The van der Waals surface area contributed by atoms with Crippen LogP contribution >= 0.6 is 23.2 Å². The van der Waals surface area contributed by atoms with Crippen LogP contribution in [0.25, 0.3) is 6.08 Å². The third-order valence-electron chi connectivity index (χ3n) is 4.99. The van der Waals surface area contributed by atoms with E-state index in [1.807, 2.05) is 6.07 Å². The van der Waals surface area contributed by atoms with Crippen molar-refractivity contribution in [2.24, 2.45) is 0 Å². The van der Waals surface area contributed by atoms with Gasteiger partial charge in [-0.25, -0.2) is 0 Å². The summed E-state index contributed by atoms with van der Waals surface area (Å²) in [6.07, 6.45) is 3.84. The van der Waals surface area contributed by atoms with Crippen LogP contribution in [0.4, 0.5) is 5.69 Å². The van der Waals surface area contributed by atoms with Crippen LogP contribution in [0, 0.1) is 0 Å². The first kappa shape index (κ1) is 20.4. The largest absolute Gasteiger partial charge is 0.465 e. The number of hydrogen-bond donors (Lipinski definition) is 1. The second kappa shape index (κ2) is 8.11. The van der Waals surface area contributed by atoms with Gasteiger partial charge in [0.15, 0.2) is 11.4 Å². The smallest absolute Gasteiger partial charge is 0.264 e. The van der Waals surface area contributed by atoms with Crippen molar-refractivity contribution in [1.29, 1.82) is 0 Å². The molecule has 7 heteroatoms. The minimum Gasteiger partial charge on any atom is -0.465 e. The monoisotopic (exact) mass is 441 g/mol. The molecule has 5 nitrogen and oxygen atoms in total. The maximum atomic E-state index is 13.3. The minimum absolute atomic E-state index is 0.159. The van der Waals surface area contributed by atoms with Crippen molar-refractivity contribution in [2.45, 2.75) is 18.6 Å². The molecule has 1 amide bonds. The van der Waals surface area contributed by atoms with Gasteiger partial charge in [0.1, 0.15) is 5.76 Å². The number of carbonyl (C=O) groups excluding carboxylic acids is 2. The van der Waals surface area contributed by atoms with E-state index in [4.69, 9.17) is 27.6 Å². The van der Waals surface area contributed by atoms with Gasteiger partial charge in [0, 0.05) is 15.6 Å². The van der Waals surface area contributed by atoms with E-state index in [0.29, 0.717) is 27.1 Å². The molecule has 0 bridgehead atoms. The molecule has 4 rings (SSSR count). The van der Waals surface area contributed by atoms with Crippen LogP contribution in [0.5, 0.6) is 0 Å². The molecule has 1 atom stereocenters. The van der Waals surface area contributed by atoms with E-state index in [1.165, 1.54) is 29.4 Å². The number of carbonyl (C=O) groups is 2. The summed E-state index contributed by atoms with van der Waals surface area (Å²) in [5.74, 6) is -0.524. The lowest BCUT2D eigenvalue weighted by atomic mass is 9.90. The fraction of sp³-hybridized carbons (Fsp3) is 0.130. The van der Waals surface area contributed by atoms with E-state index in [0.717, 1.165) is 5.56 Å². The molecule has 1 aliphatic rings. The fourth-order valence-electron chi connectivity index (χ4n) is 3.52. The number of benzene rings is 2. The Morgan fingerprint density at radius 2 is 1.93 bits per heavy atom. The van der Waals surface area contributed by atoms with Gasteiger partial charge in [-0.2, -0.15) is 0 Å². The predicted molar refractivity (Wildman–Crippen MR) is 115 cm³/mol. The van der Waals surface area contributed by atoms with Gasteiger partial charge in [-0.1, -0.05) is 41.4 Å².